The van der Waals surface area contributed by atoms with Crippen molar-refractivity contribution in [1.82, 2.24) is 10.2 Å². The highest BCUT2D eigenvalue weighted by Crippen LogP contribution is 2.17. The molecule has 1 fully saturated rings. The van der Waals surface area contributed by atoms with Crippen molar-refractivity contribution in [2.24, 2.45) is 11.8 Å². The van der Waals surface area contributed by atoms with Crippen LogP contribution in [-0.4, -0.2) is 54.9 Å². The molecular weight excluding hydrogens is 260 g/mol. The van der Waals surface area contributed by atoms with Crippen LogP contribution < -0.4 is 5.32 Å². The summed E-state index contributed by atoms with van der Waals surface area (Å²) < 4.78 is 5.12. The molecule has 0 aliphatic carbocycles. The molecule has 1 rings (SSSR count). The SMILES string of the molecule is COCC1CCN(C(=O)N[C@@H](CC(C)C)C(=O)O)CC1. The average Bonchev–Trinajstić information content (AvgIpc) is 2.38. The van der Waals surface area contributed by atoms with Crippen LogP contribution in [0.25, 0.3) is 0 Å². The summed E-state index contributed by atoms with van der Waals surface area (Å²) in [6.07, 6.45) is 2.26. The third-order valence-corrected chi connectivity index (χ3v) is 3.61. The van der Waals surface area contributed by atoms with E-state index in [2.05, 4.69) is 5.32 Å². The summed E-state index contributed by atoms with van der Waals surface area (Å²) in [6.45, 7) is 5.93. The lowest BCUT2D eigenvalue weighted by atomic mass is 9.98. The molecule has 1 heterocycles. The average molecular weight is 286 g/mol. The maximum Gasteiger partial charge on any atom is 0.326 e. The van der Waals surface area contributed by atoms with Crippen LogP contribution in [0, 0.1) is 11.8 Å². The van der Waals surface area contributed by atoms with E-state index in [0.717, 1.165) is 19.4 Å². The van der Waals surface area contributed by atoms with Gasteiger partial charge in [0.15, 0.2) is 0 Å². The number of ether oxygens (including phenoxy) is 1. The summed E-state index contributed by atoms with van der Waals surface area (Å²) in [4.78, 5) is 24.9. The predicted octanol–water partition coefficient (Wildman–Crippen LogP) is 1.55. The van der Waals surface area contributed by atoms with E-state index in [0.29, 0.717) is 25.4 Å². The van der Waals surface area contributed by atoms with Gasteiger partial charge >= 0.3 is 12.0 Å². The molecule has 2 amide bonds. The number of likely N-dealkylation sites (tertiary alicyclic amines) is 1. The number of hydrogen-bond acceptors (Lipinski definition) is 3. The molecule has 1 saturated heterocycles. The Morgan fingerprint density at radius 3 is 2.40 bits per heavy atom. The van der Waals surface area contributed by atoms with E-state index in [-0.39, 0.29) is 11.9 Å². The molecule has 0 aromatic carbocycles. The van der Waals surface area contributed by atoms with Gasteiger partial charge in [0.1, 0.15) is 6.04 Å². The highest BCUT2D eigenvalue weighted by molar-refractivity contribution is 5.82. The second-order valence-corrected chi connectivity index (χ2v) is 5.86. The van der Waals surface area contributed by atoms with Crippen LogP contribution in [-0.2, 0) is 9.53 Å². The number of nitrogens with one attached hydrogen (secondary N) is 1. The lowest BCUT2D eigenvalue weighted by molar-refractivity contribution is -0.139. The summed E-state index contributed by atoms with van der Waals surface area (Å²) in [5, 5.41) is 11.8. The normalized spacial score (nSPS) is 18.1. The summed E-state index contributed by atoms with van der Waals surface area (Å²) >= 11 is 0. The molecule has 0 radical (unpaired) electrons. The summed E-state index contributed by atoms with van der Waals surface area (Å²) in [5.74, 6) is -0.250. The number of aliphatic carboxylic acids is 1. The predicted molar refractivity (Wildman–Crippen MR) is 75.6 cm³/mol. The number of amides is 2. The van der Waals surface area contributed by atoms with E-state index in [9.17, 15) is 9.59 Å². The van der Waals surface area contributed by atoms with Crippen molar-refractivity contribution in [3.05, 3.63) is 0 Å². The van der Waals surface area contributed by atoms with Gasteiger partial charge in [-0.1, -0.05) is 13.8 Å². The van der Waals surface area contributed by atoms with Crippen LogP contribution in [0.1, 0.15) is 33.1 Å². The Morgan fingerprint density at radius 2 is 1.95 bits per heavy atom. The van der Waals surface area contributed by atoms with Crippen molar-refractivity contribution in [1.29, 1.82) is 0 Å². The topological polar surface area (TPSA) is 78.9 Å². The molecule has 116 valence electrons. The first-order valence-electron chi connectivity index (χ1n) is 7.21. The van der Waals surface area contributed by atoms with Gasteiger partial charge in [0, 0.05) is 26.8 Å². The van der Waals surface area contributed by atoms with Crippen molar-refractivity contribution < 1.29 is 19.4 Å². The number of carboxylic acid groups (broad SMARTS) is 1. The Kier molecular flexibility index (Phi) is 6.78. The quantitative estimate of drug-likeness (QED) is 0.776. The summed E-state index contributed by atoms with van der Waals surface area (Å²) in [7, 11) is 1.68. The molecule has 0 unspecified atom stereocenters. The maximum atomic E-state index is 12.1. The molecule has 1 aliphatic rings. The van der Waals surface area contributed by atoms with Crippen LogP contribution in [0.2, 0.25) is 0 Å². The van der Waals surface area contributed by atoms with Crippen molar-refractivity contribution >= 4 is 12.0 Å². The van der Waals surface area contributed by atoms with E-state index >= 15 is 0 Å². The largest absolute Gasteiger partial charge is 0.480 e. The van der Waals surface area contributed by atoms with Crippen LogP contribution in [0.15, 0.2) is 0 Å². The summed E-state index contributed by atoms with van der Waals surface area (Å²) in [6, 6.07) is -1.08. The number of carbonyl (C=O) groups is 2. The van der Waals surface area contributed by atoms with Gasteiger partial charge in [-0.3, -0.25) is 0 Å². The first kappa shape index (κ1) is 16.8. The number of rotatable bonds is 6. The molecule has 0 bridgehead atoms. The van der Waals surface area contributed by atoms with Crippen LogP contribution in [0.5, 0.6) is 0 Å². The lowest BCUT2D eigenvalue weighted by Crippen LogP contribution is -2.50. The second-order valence-electron chi connectivity index (χ2n) is 5.86. The van der Waals surface area contributed by atoms with Gasteiger partial charge in [0.2, 0.25) is 0 Å². The number of piperidine rings is 1. The summed E-state index contributed by atoms with van der Waals surface area (Å²) in [5.41, 5.74) is 0. The van der Waals surface area contributed by atoms with E-state index in [4.69, 9.17) is 9.84 Å². The van der Waals surface area contributed by atoms with Gasteiger partial charge in [-0.25, -0.2) is 9.59 Å². The molecule has 2 N–H and O–H groups in total. The fourth-order valence-electron chi connectivity index (χ4n) is 2.47. The fraction of sp³-hybridized carbons (Fsp3) is 0.857. The van der Waals surface area contributed by atoms with Gasteiger partial charge in [0.25, 0.3) is 0 Å². The smallest absolute Gasteiger partial charge is 0.326 e. The molecule has 6 nitrogen and oxygen atoms in total. The minimum absolute atomic E-state index is 0.226. The van der Waals surface area contributed by atoms with Gasteiger partial charge in [-0.2, -0.15) is 0 Å². The Balaban J connectivity index is 2.43. The zero-order chi connectivity index (χ0) is 15.1. The van der Waals surface area contributed by atoms with Crippen molar-refractivity contribution in [3.63, 3.8) is 0 Å². The van der Waals surface area contributed by atoms with Gasteiger partial charge < -0.3 is 20.1 Å². The molecule has 1 aliphatic heterocycles. The highest BCUT2D eigenvalue weighted by Gasteiger charge is 2.27. The zero-order valence-electron chi connectivity index (χ0n) is 12.6. The fourth-order valence-corrected chi connectivity index (χ4v) is 2.47. The van der Waals surface area contributed by atoms with Gasteiger partial charge in [0.05, 0.1) is 0 Å². The Morgan fingerprint density at radius 1 is 1.35 bits per heavy atom. The van der Waals surface area contributed by atoms with E-state index in [1.165, 1.54) is 0 Å². The van der Waals surface area contributed by atoms with Crippen molar-refractivity contribution in [2.75, 3.05) is 26.8 Å². The molecule has 0 aromatic rings. The number of hydrogen-bond donors (Lipinski definition) is 2. The van der Waals surface area contributed by atoms with Crippen molar-refractivity contribution in [3.8, 4) is 0 Å². The molecule has 1 atom stereocenters. The third-order valence-electron chi connectivity index (χ3n) is 3.61. The Labute approximate surface area is 120 Å². The molecule has 0 saturated carbocycles. The molecule has 0 spiro atoms. The molecule has 20 heavy (non-hydrogen) atoms. The molecule has 0 aromatic heterocycles. The molecular formula is C14H26N2O4. The first-order valence-corrected chi connectivity index (χ1v) is 7.21. The molecule has 6 heteroatoms. The van der Waals surface area contributed by atoms with E-state index in [1.54, 1.807) is 12.0 Å². The van der Waals surface area contributed by atoms with Crippen LogP contribution >= 0.6 is 0 Å². The lowest BCUT2D eigenvalue weighted by Gasteiger charge is -2.32. The van der Waals surface area contributed by atoms with Crippen molar-refractivity contribution in [2.45, 2.75) is 39.2 Å². The second kappa shape index (κ2) is 8.09. The number of carboxylic acids is 1. The first-order chi connectivity index (χ1) is 9.43. The van der Waals surface area contributed by atoms with Gasteiger partial charge in [-0.15, -0.1) is 0 Å². The Hall–Kier alpha value is -1.30. The number of nitrogens with zero attached hydrogens (tertiary/aromatic N) is 1. The number of carbonyl (C=O) groups excluding carboxylic acids is 1. The zero-order valence-corrected chi connectivity index (χ0v) is 12.6. The van der Waals surface area contributed by atoms with Crippen LogP contribution in [0.4, 0.5) is 4.79 Å². The minimum atomic E-state index is -0.971. The van der Waals surface area contributed by atoms with Gasteiger partial charge in [-0.05, 0) is 31.1 Å². The number of urea groups is 1. The monoisotopic (exact) mass is 286 g/mol. The minimum Gasteiger partial charge on any atom is -0.480 e. The van der Waals surface area contributed by atoms with E-state index < -0.39 is 12.0 Å². The Bertz CT molecular complexity index is 325. The highest BCUT2D eigenvalue weighted by atomic mass is 16.5. The van der Waals surface area contributed by atoms with E-state index in [1.807, 2.05) is 13.8 Å². The number of methoxy groups -OCH3 is 1. The third kappa shape index (κ3) is 5.36. The standard InChI is InChI=1S/C14H26N2O4/c1-10(2)8-12(13(17)18)15-14(19)16-6-4-11(5-7-16)9-20-3/h10-12H,4-9H2,1-3H3,(H,15,19)(H,17,18)/t12-/m0/s1. The van der Waals surface area contributed by atoms with Crippen LogP contribution in [0.3, 0.4) is 0 Å². The maximum absolute atomic E-state index is 12.1.